The Morgan fingerprint density at radius 1 is 1.04 bits per heavy atom. The first-order valence-electron chi connectivity index (χ1n) is 8.82. The third-order valence-corrected chi connectivity index (χ3v) is 5.40. The van der Waals surface area contributed by atoms with Gasteiger partial charge in [0.05, 0.1) is 6.10 Å². The second-order valence-electron chi connectivity index (χ2n) is 6.85. The standard InChI is InChI=1S/C21H23NO2/c23-21(22-19-14-20-17(19)11-12-24-20)13-18(15-7-3-1-4-8-15)16-9-5-2-6-10-16/h1-10,17-20H,11-14H2,(H,22,23). The van der Waals surface area contributed by atoms with E-state index >= 15 is 0 Å². The van der Waals surface area contributed by atoms with E-state index in [0.717, 1.165) is 19.4 Å². The quantitative estimate of drug-likeness (QED) is 0.915. The van der Waals surface area contributed by atoms with E-state index in [1.54, 1.807) is 0 Å². The molecule has 0 bridgehead atoms. The van der Waals surface area contributed by atoms with E-state index < -0.39 is 0 Å². The number of rotatable bonds is 5. The molecule has 2 aliphatic rings. The van der Waals surface area contributed by atoms with Crippen LogP contribution in [-0.2, 0) is 9.53 Å². The van der Waals surface area contributed by atoms with Crippen molar-refractivity contribution in [2.75, 3.05) is 6.61 Å². The number of carbonyl (C=O) groups excluding carboxylic acids is 1. The van der Waals surface area contributed by atoms with Crippen molar-refractivity contribution in [1.29, 1.82) is 0 Å². The third kappa shape index (κ3) is 3.09. The van der Waals surface area contributed by atoms with Gasteiger partial charge >= 0.3 is 0 Å². The molecule has 4 rings (SSSR count). The summed E-state index contributed by atoms with van der Waals surface area (Å²) in [6.07, 6.45) is 2.92. The molecule has 1 aliphatic carbocycles. The average molecular weight is 321 g/mol. The summed E-state index contributed by atoms with van der Waals surface area (Å²) in [7, 11) is 0. The Bertz CT molecular complexity index is 646. The number of hydrogen-bond donors (Lipinski definition) is 1. The predicted molar refractivity (Wildman–Crippen MR) is 93.7 cm³/mol. The molecule has 2 aromatic carbocycles. The highest BCUT2D eigenvalue weighted by atomic mass is 16.5. The molecule has 24 heavy (non-hydrogen) atoms. The summed E-state index contributed by atoms with van der Waals surface area (Å²) < 4.78 is 5.63. The van der Waals surface area contributed by atoms with E-state index in [2.05, 4.69) is 29.6 Å². The summed E-state index contributed by atoms with van der Waals surface area (Å²) in [5.74, 6) is 0.770. The minimum Gasteiger partial charge on any atom is -0.378 e. The van der Waals surface area contributed by atoms with Gasteiger partial charge in [-0.25, -0.2) is 0 Å². The van der Waals surface area contributed by atoms with Crippen LogP contribution in [0.15, 0.2) is 60.7 Å². The second-order valence-corrected chi connectivity index (χ2v) is 6.85. The van der Waals surface area contributed by atoms with Crippen LogP contribution in [0.2, 0.25) is 0 Å². The molecule has 2 aromatic rings. The Morgan fingerprint density at radius 3 is 2.25 bits per heavy atom. The second kappa shape index (κ2) is 6.78. The van der Waals surface area contributed by atoms with Crippen molar-refractivity contribution >= 4 is 5.91 Å². The molecule has 124 valence electrons. The minimum absolute atomic E-state index is 0.100. The minimum atomic E-state index is 0.100. The highest BCUT2D eigenvalue weighted by Crippen LogP contribution is 2.38. The van der Waals surface area contributed by atoms with Gasteiger partial charge in [0.15, 0.2) is 0 Å². The van der Waals surface area contributed by atoms with Gasteiger partial charge in [-0.2, -0.15) is 0 Å². The van der Waals surface area contributed by atoms with Gasteiger partial charge in [-0.15, -0.1) is 0 Å². The molecule has 2 fully saturated rings. The Balaban J connectivity index is 1.47. The SMILES string of the molecule is O=C(CC(c1ccccc1)c1ccccc1)NC1CC2OCCC12. The van der Waals surface area contributed by atoms with Gasteiger partial charge in [-0.3, -0.25) is 4.79 Å². The molecular formula is C21H23NO2. The molecule has 3 atom stereocenters. The number of ether oxygens (including phenoxy) is 1. The maximum atomic E-state index is 12.6. The fourth-order valence-corrected chi connectivity index (χ4v) is 4.01. The number of nitrogens with one attached hydrogen (secondary N) is 1. The predicted octanol–water partition coefficient (Wildman–Crippen LogP) is 3.50. The summed E-state index contributed by atoms with van der Waals surface area (Å²) in [6, 6.07) is 20.9. The van der Waals surface area contributed by atoms with Gasteiger partial charge < -0.3 is 10.1 Å². The van der Waals surface area contributed by atoms with Gasteiger partial charge in [-0.1, -0.05) is 60.7 Å². The summed E-state index contributed by atoms with van der Waals surface area (Å²) in [6.45, 7) is 0.846. The highest BCUT2D eigenvalue weighted by molar-refractivity contribution is 5.78. The van der Waals surface area contributed by atoms with Crippen LogP contribution >= 0.6 is 0 Å². The highest BCUT2D eigenvalue weighted by Gasteiger charge is 2.45. The van der Waals surface area contributed by atoms with Crippen LogP contribution in [0.5, 0.6) is 0 Å². The summed E-state index contributed by atoms with van der Waals surface area (Å²) in [4.78, 5) is 12.6. The fraction of sp³-hybridized carbons (Fsp3) is 0.381. The molecule has 1 heterocycles. The zero-order chi connectivity index (χ0) is 16.4. The monoisotopic (exact) mass is 321 g/mol. The van der Waals surface area contributed by atoms with Crippen molar-refractivity contribution in [3.63, 3.8) is 0 Å². The zero-order valence-electron chi connectivity index (χ0n) is 13.7. The van der Waals surface area contributed by atoms with Crippen LogP contribution in [0.4, 0.5) is 0 Å². The molecule has 1 amide bonds. The van der Waals surface area contributed by atoms with E-state index in [4.69, 9.17) is 4.74 Å². The topological polar surface area (TPSA) is 38.3 Å². The number of benzene rings is 2. The first-order chi connectivity index (χ1) is 11.8. The van der Waals surface area contributed by atoms with E-state index in [-0.39, 0.29) is 11.8 Å². The molecule has 1 N–H and O–H groups in total. The Labute approximate surface area is 143 Å². The summed E-state index contributed by atoms with van der Waals surface area (Å²) in [5.41, 5.74) is 2.38. The van der Waals surface area contributed by atoms with Crippen molar-refractivity contribution < 1.29 is 9.53 Å². The first-order valence-corrected chi connectivity index (χ1v) is 8.82. The lowest BCUT2D eigenvalue weighted by atomic mass is 9.76. The molecule has 0 radical (unpaired) electrons. The van der Waals surface area contributed by atoms with Crippen LogP contribution in [0, 0.1) is 5.92 Å². The van der Waals surface area contributed by atoms with Gasteiger partial charge in [-0.05, 0) is 24.0 Å². The smallest absolute Gasteiger partial charge is 0.221 e. The van der Waals surface area contributed by atoms with Crippen LogP contribution < -0.4 is 5.32 Å². The third-order valence-electron chi connectivity index (χ3n) is 5.40. The maximum absolute atomic E-state index is 12.6. The van der Waals surface area contributed by atoms with Crippen LogP contribution in [0.25, 0.3) is 0 Å². The molecule has 3 nitrogen and oxygen atoms in total. The van der Waals surface area contributed by atoms with E-state index in [1.165, 1.54) is 11.1 Å². The van der Waals surface area contributed by atoms with Gasteiger partial charge in [0.2, 0.25) is 5.91 Å². The van der Waals surface area contributed by atoms with E-state index in [0.29, 0.717) is 24.5 Å². The zero-order valence-corrected chi connectivity index (χ0v) is 13.7. The van der Waals surface area contributed by atoms with Crippen molar-refractivity contribution in [3.8, 4) is 0 Å². The number of amides is 1. The largest absolute Gasteiger partial charge is 0.378 e. The molecule has 1 saturated carbocycles. The lowest BCUT2D eigenvalue weighted by molar-refractivity contribution is -0.124. The summed E-state index contributed by atoms with van der Waals surface area (Å²) >= 11 is 0. The van der Waals surface area contributed by atoms with Crippen molar-refractivity contribution in [2.45, 2.75) is 37.3 Å². The van der Waals surface area contributed by atoms with Gasteiger partial charge in [0, 0.05) is 30.9 Å². The van der Waals surface area contributed by atoms with Crippen LogP contribution in [-0.4, -0.2) is 24.7 Å². The number of carbonyl (C=O) groups is 1. The Hall–Kier alpha value is -2.13. The van der Waals surface area contributed by atoms with Crippen LogP contribution in [0.3, 0.4) is 0 Å². The molecule has 3 heteroatoms. The van der Waals surface area contributed by atoms with Gasteiger partial charge in [0.1, 0.15) is 0 Å². The number of hydrogen-bond acceptors (Lipinski definition) is 2. The molecular weight excluding hydrogens is 298 g/mol. The first kappa shape index (κ1) is 15.4. The van der Waals surface area contributed by atoms with Crippen LogP contribution in [0.1, 0.15) is 36.3 Å². The average Bonchev–Trinajstić information content (AvgIpc) is 3.00. The van der Waals surface area contributed by atoms with E-state index in [9.17, 15) is 4.79 Å². The van der Waals surface area contributed by atoms with Crippen molar-refractivity contribution in [3.05, 3.63) is 71.8 Å². The molecule has 1 aliphatic heterocycles. The van der Waals surface area contributed by atoms with Gasteiger partial charge in [0.25, 0.3) is 0 Å². The lowest BCUT2D eigenvalue weighted by Gasteiger charge is -2.39. The molecule has 0 aromatic heterocycles. The summed E-state index contributed by atoms with van der Waals surface area (Å²) in [5, 5.41) is 3.24. The normalized spacial score (nSPS) is 25.1. The molecule has 3 unspecified atom stereocenters. The molecule has 1 saturated heterocycles. The Morgan fingerprint density at radius 2 is 1.67 bits per heavy atom. The van der Waals surface area contributed by atoms with Crippen molar-refractivity contribution in [2.24, 2.45) is 5.92 Å². The maximum Gasteiger partial charge on any atom is 0.221 e. The van der Waals surface area contributed by atoms with Crippen molar-refractivity contribution in [1.82, 2.24) is 5.32 Å². The fourth-order valence-electron chi connectivity index (χ4n) is 4.01. The Kier molecular flexibility index (Phi) is 4.35. The molecule has 0 spiro atoms. The van der Waals surface area contributed by atoms with E-state index in [1.807, 2.05) is 36.4 Å². The number of fused-ring (bicyclic) bond motifs is 1. The lowest BCUT2D eigenvalue weighted by Crippen LogP contribution is -2.53.